The molecule has 23 heavy (non-hydrogen) atoms. The van der Waals surface area contributed by atoms with Crippen LogP contribution in [0, 0.1) is 5.82 Å². The number of halogens is 1. The number of aryl methyl sites for hydroxylation is 1. The molecule has 9 heteroatoms. The van der Waals surface area contributed by atoms with Gasteiger partial charge in [0, 0.05) is 44.5 Å². The van der Waals surface area contributed by atoms with E-state index in [2.05, 4.69) is 5.10 Å². The van der Waals surface area contributed by atoms with E-state index >= 15 is 0 Å². The molecule has 7 nitrogen and oxygen atoms in total. The van der Waals surface area contributed by atoms with Crippen molar-refractivity contribution in [3.8, 4) is 11.5 Å². The van der Waals surface area contributed by atoms with E-state index < -0.39 is 20.7 Å². The van der Waals surface area contributed by atoms with E-state index in [-0.39, 0.29) is 18.0 Å². The molecular formula is C14H18FN3O4S. The highest BCUT2D eigenvalue weighted by molar-refractivity contribution is 7.89. The van der Waals surface area contributed by atoms with Crippen molar-refractivity contribution in [2.24, 2.45) is 7.05 Å². The van der Waals surface area contributed by atoms with Gasteiger partial charge < -0.3 is 9.47 Å². The fourth-order valence-corrected chi connectivity index (χ4v) is 3.31. The van der Waals surface area contributed by atoms with Gasteiger partial charge >= 0.3 is 0 Å². The second kappa shape index (κ2) is 6.55. The summed E-state index contributed by atoms with van der Waals surface area (Å²) in [7, 11) is 1.77. The van der Waals surface area contributed by atoms with Crippen LogP contribution in [0.15, 0.2) is 29.4 Å². The van der Waals surface area contributed by atoms with Crippen molar-refractivity contribution in [3.63, 3.8) is 0 Å². The number of hydrogen-bond acceptors (Lipinski definition) is 5. The van der Waals surface area contributed by atoms with Crippen molar-refractivity contribution in [2.45, 2.75) is 11.4 Å². The normalized spacial score (nSPS) is 11.7. The lowest BCUT2D eigenvalue weighted by atomic mass is 10.3. The quantitative estimate of drug-likeness (QED) is 0.793. The Morgan fingerprint density at radius 3 is 2.39 bits per heavy atom. The van der Waals surface area contributed by atoms with Gasteiger partial charge in [0.15, 0.2) is 11.5 Å². The molecule has 126 valence electrons. The van der Waals surface area contributed by atoms with Crippen LogP contribution in [0.3, 0.4) is 0 Å². The monoisotopic (exact) mass is 343 g/mol. The van der Waals surface area contributed by atoms with Gasteiger partial charge in [-0.25, -0.2) is 12.8 Å². The highest BCUT2D eigenvalue weighted by Gasteiger charge is 2.27. The lowest BCUT2D eigenvalue weighted by Crippen LogP contribution is -2.27. The third-order valence-corrected chi connectivity index (χ3v) is 5.11. The fourth-order valence-electron chi connectivity index (χ4n) is 2.10. The van der Waals surface area contributed by atoms with Crippen LogP contribution < -0.4 is 9.47 Å². The third-order valence-electron chi connectivity index (χ3n) is 3.29. The highest BCUT2D eigenvalue weighted by atomic mass is 32.2. The average molecular weight is 343 g/mol. The molecule has 0 spiro atoms. The molecule has 0 bridgehead atoms. The molecule has 1 aromatic heterocycles. The Balaban J connectivity index is 2.38. The molecule has 0 saturated carbocycles. The Hall–Kier alpha value is -2.13. The number of methoxy groups -OCH3 is 2. The summed E-state index contributed by atoms with van der Waals surface area (Å²) < 4.78 is 52.0. The van der Waals surface area contributed by atoms with Crippen LogP contribution in [0.1, 0.15) is 5.56 Å². The largest absolute Gasteiger partial charge is 0.493 e. The van der Waals surface area contributed by atoms with Crippen LogP contribution in [0.5, 0.6) is 11.5 Å². The standard InChI is InChI=1S/C14H18FN3O4S/c1-17-8-10(7-16-17)9-18(2)23(19,20)14-6-13(22-4)12(21-3)5-11(14)15/h5-8H,9H2,1-4H3. The maximum atomic E-state index is 14.2. The van der Waals surface area contributed by atoms with Crippen molar-refractivity contribution in [2.75, 3.05) is 21.3 Å². The van der Waals surface area contributed by atoms with E-state index in [1.807, 2.05) is 0 Å². The van der Waals surface area contributed by atoms with Crippen molar-refractivity contribution < 1.29 is 22.3 Å². The summed E-state index contributed by atoms with van der Waals surface area (Å²) in [5.41, 5.74) is 0.694. The van der Waals surface area contributed by atoms with Crippen molar-refractivity contribution in [1.29, 1.82) is 0 Å². The Labute approximate surface area is 134 Å². The molecule has 0 aliphatic heterocycles. The minimum Gasteiger partial charge on any atom is -0.493 e. The van der Waals surface area contributed by atoms with E-state index in [1.165, 1.54) is 21.3 Å². The zero-order valence-corrected chi connectivity index (χ0v) is 14.1. The summed E-state index contributed by atoms with van der Waals surface area (Å²) in [6.07, 6.45) is 3.24. The molecule has 0 amide bonds. The van der Waals surface area contributed by atoms with E-state index in [0.717, 1.165) is 16.4 Å². The lowest BCUT2D eigenvalue weighted by molar-refractivity contribution is 0.349. The van der Waals surface area contributed by atoms with E-state index in [9.17, 15) is 12.8 Å². The van der Waals surface area contributed by atoms with E-state index in [0.29, 0.717) is 5.56 Å². The number of benzene rings is 1. The zero-order valence-electron chi connectivity index (χ0n) is 13.3. The highest BCUT2D eigenvalue weighted by Crippen LogP contribution is 2.33. The first kappa shape index (κ1) is 17.2. The third kappa shape index (κ3) is 3.45. The fraction of sp³-hybridized carbons (Fsp3) is 0.357. The van der Waals surface area contributed by atoms with Gasteiger partial charge in [-0.05, 0) is 0 Å². The molecule has 2 rings (SSSR count). The summed E-state index contributed by atoms with van der Waals surface area (Å²) in [5.74, 6) is -0.637. The Bertz CT molecular complexity index is 804. The van der Waals surface area contributed by atoms with Crippen LogP contribution in [0.2, 0.25) is 0 Å². The molecule has 0 aliphatic carbocycles. The predicted octanol–water partition coefficient (Wildman–Crippen LogP) is 1.40. The number of sulfonamides is 1. The van der Waals surface area contributed by atoms with Gasteiger partial charge in [-0.1, -0.05) is 0 Å². The SMILES string of the molecule is COc1cc(F)c(S(=O)(=O)N(C)Cc2cnn(C)c2)cc1OC. The number of hydrogen-bond donors (Lipinski definition) is 0. The van der Waals surface area contributed by atoms with Gasteiger partial charge in [-0.3, -0.25) is 4.68 Å². The van der Waals surface area contributed by atoms with Gasteiger partial charge in [0.25, 0.3) is 0 Å². The average Bonchev–Trinajstić information content (AvgIpc) is 2.91. The van der Waals surface area contributed by atoms with Crippen molar-refractivity contribution in [1.82, 2.24) is 14.1 Å². The first-order valence-electron chi connectivity index (χ1n) is 6.65. The minimum absolute atomic E-state index is 0.0734. The lowest BCUT2D eigenvalue weighted by Gasteiger charge is -2.18. The van der Waals surface area contributed by atoms with Gasteiger partial charge in [-0.15, -0.1) is 0 Å². The molecule has 0 N–H and O–H groups in total. The first-order chi connectivity index (χ1) is 10.8. The van der Waals surface area contributed by atoms with Gasteiger partial charge in [0.1, 0.15) is 10.7 Å². The number of rotatable bonds is 6. The summed E-state index contributed by atoms with van der Waals surface area (Å²) in [5, 5.41) is 3.98. The van der Waals surface area contributed by atoms with Gasteiger partial charge in [0.05, 0.1) is 20.4 Å². The summed E-state index contributed by atoms with van der Waals surface area (Å²) >= 11 is 0. The second-order valence-electron chi connectivity index (χ2n) is 4.92. The molecule has 0 fully saturated rings. The van der Waals surface area contributed by atoms with Gasteiger partial charge in [0.2, 0.25) is 10.0 Å². The predicted molar refractivity (Wildman–Crippen MR) is 81.4 cm³/mol. The summed E-state index contributed by atoms with van der Waals surface area (Å²) in [6.45, 7) is 0.0734. The molecule has 1 heterocycles. The van der Waals surface area contributed by atoms with Crippen molar-refractivity contribution >= 4 is 10.0 Å². The molecule has 0 saturated heterocycles. The smallest absolute Gasteiger partial charge is 0.246 e. The van der Waals surface area contributed by atoms with Crippen LogP contribution in [0.4, 0.5) is 4.39 Å². The number of aromatic nitrogens is 2. The van der Waals surface area contributed by atoms with Gasteiger partial charge in [-0.2, -0.15) is 9.40 Å². The minimum atomic E-state index is -4.03. The van der Waals surface area contributed by atoms with E-state index in [4.69, 9.17) is 9.47 Å². The Morgan fingerprint density at radius 1 is 1.26 bits per heavy atom. The maximum absolute atomic E-state index is 14.2. The molecule has 0 atom stereocenters. The van der Waals surface area contributed by atoms with E-state index in [1.54, 1.807) is 24.1 Å². The van der Waals surface area contributed by atoms with Crippen LogP contribution in [0.25, 0.3) is 0 Å². The van der Waals surface area contributed by atoms with Crippen LogP contribution >= 0.6 is 0 Å². The number of nitrogens with zero attached hydrogens (tertiary/aromatic N) is 3. The van der Waals surface area contributed by atoms with Crippen LogP contribution in [-0.2, 0) is 23.6 Å². The molecule has 2 aromatic rings. The maximum Gasteiger partial charge on any atom is 0.246 e. The molecule has 0 unspecified atom stereocenters. The molecule has 1 aromatic carbocycles. The summed E-state index contributed by atoms with van der Waals surface area (Å²) in [4.78, 5) is -0.471. The molecule has 0 radical (unpaired) electrons. The van der Waals surface area contributed by atoms with Crippen LogP contribution in [-0.4, -0.2) is 43.8 Å². The zero-order chi connectivity index (χ0) is 17.2. The Morgan fingerprint density at radius 2 is 1.87 bits per heavy atom. The topological polar surface area (TPSA) is 73.7 Å². The number of ether oxygens (including phenoxy) is 2. The van der Waals surface area contributed by atoms with Crippen molar-refractivity contribution in [3.05, 3.63) is 35.9 Å². The second-order valence-corrected chi connectivity index (χ2v) is 6.93. The Kier molecular flexibility index (Phi) is 4.90. The molecule has 0 aliphatic rings. The molecular weight excluding hydrogens is 325 g/mol. The summed E-state index contributed by atoms with van der Waals surface area (Å²) in [6, 6.07) is 2.10. The first-order valence-corrected chi connectivity index (χ1v) is 8.09.